The normalized spacial score (nSPS) is 19.2. The lowest BCUT2D eigenvalue weighted by Crippen LogP contribution is -2.48. The zero-order valence-electron chi connectivity index (χ0n) is 11.5. The van der Waals surface area contributed by atoms with Crippen LogP contribution in [0.15, 0.2) is 30.3 Å². The Morgan fingerprint density at radius 3 is 2.95 bits per heavy atom. The molecule has 1 aromatic rings. The Morgan fingerprint density at radius 2 is 2.21 bits per heavy atom. The van der Waals surface area contributed by atoms with Gasteiger partial charge in [0.15, 0.2) is 0 Å². The summed E-state index contributed by atoms with van der Waals surface area (Å²) in [4.78, 5) is 13.8. The highest BCUT2D eigenvalue weighted by molar-refractivity contribution is 5.67. The first-order chi connectivity index (χ1) is 9.29. The molecule has 0 saturated carbocycles. The predicted molar refractivity (Wildman–Crippen MR) is 74.9 cm³/mol. The van der Waals surface area contributed by atoms with Crippen LogP contribution in [0.2, 0.25) is 0 Å². The van der Waals surface area contributed by atoms with Crippen molar-refractivity contribution >= 4 is 6.09 Å². The summed E-state index contributed by atoms with van der Waals surface area (Å²) >= 11 is 0. The molecule has 1 saturated heterocycles. The van der Waals surface area contributed by atoms with Crippen LogP contribution < -0.4 is 5.32 Å². The molecule has 1 aliphatic heterocycles. The Bertz CT molecular complexity index is 392. The SMILES string of the molecule is CCNC1CCCN(C(=O)OCc2ccccc2)C1. The number of carbonyl (C=O) groups excluding carboxylic acids is 1. The van der Waals surface area contributed by atoms with Crippen molar-refractivity contribution in [2.24, 2.45) is 0 Å². The highest BCUT2D eigenvalue weighted by Gasteiger charge is 2.23. The van der Waals surface area contributed by atoms with E-state index in [1.54, 1.807) is 4.90 Å². The summed E-state index contributed by atoms with van der Waals surface area (Å²) < 4.78 is 5.35. The van der Waals surface area contributed by atoms with E-state index in [0.29, 0.717) is 12.6 Å². The molecule has 1 atom stereocenters. The Labute approximate surface area is 114 Å². The second-order valence-corrected chi connectivity index (χ2v) is 4.88. The maximum atomic E-state index is 12.0. The number of hydrogen-bond acceptors (Lipinski definition) is 3. The molecule has 19 heavy (non-hydrogen) atoms. The van der Waals surface area contributed by atoms with Gasteiger partial charge in [0.2, 0.25) is 0 Å². The predicted octanol–water partition coefficient (Wildman–Crippen LogP) is 2.40. The Hall–Kier alpha value is -1.55. The smallest absolute Gasteiger partial charge is 0.410 e. The molecule has 1 heterocycles. The summed E-state index contributed by atoms with van der Waals surface area (Å²) in [6.07, 6.45) is 1.97. The Kier molecular flexibility index (Phi) is 5.21. The molecule has 0 aliphatic carbocycles. The van der Waals surface area contributed by atoms with E-state index in [1.165, 1.54) is 0 Å². The van der Waals surface area contributed by atoms with Gasteiger partial charge in [0, 0.05) is 19.1 Å². The van der Waals surface area contributed by atoms with Crippen LogP contribution in [0.5, 0.6) is 0 Å². The van der Waals surface area contributed by atoms with Crippen LogP contribution in [-0.4, -0.2) is 36.7 Å². The van der Waals surface area contributed by atoms with E-state index in [9.17, 15) is 4.79 Å². The average molecular weight is 262 g/mol. The molecule has 4 nitrogen and oxygen atoms in total. The van der Waals surface area contributed by atoms with Crippen molar-refractivity contribution < 1.29 is 9.53 Å². The van der Waals surface area contributed by atoms with Gasteiger partial charge in [-0.2, -0.15) is 0 Å². The Morgan fingerprint density at radius 1 is 1.42 bits per heavy atom. The largest absolute Gasteiger partial charge is 0.445 e. The molecular weight excluding hydrogens is 240 g/mol. The molecule has 0 radical (unpaired) electrons. The van der Waals surface area contributed by atoms with Gasteiger partial charge >= 0.3 is 6.09 Å². The molecule has 0 bridgehead atoms. The maximum Gasteiger partial charge on any atom is 0.410 e. The standard InChI is InChI=1S/C15H22N2O2/c1-2-16-14-9-6-10-17(11-14)15(18)19-12-13-7-4-3-5-8-13/h3-5,7-8,14,16H,2,6,9-12H2,1H3. The van der Waals surface area contributed by atoms with Gasteiger partial charge in [-0.3, -0.25) is 0 Å². The van der Waals surface area contributed by atoms with E-state index in [0.717, 1.165) is 38.0 Å². The molecule has 4 heteroatoms. The van der Waals surface area contributed by atoms with Gasteiger partial charge in [-0.1, -0.05) is 37.3 Å². The van der Waals surface area contributed by atoms with E-state index < -0.39 is 0 Å². The van der Waals surface area contributed by atoms with E-state index >= 15 is 0 Å². The zero-order valence-corrected chi connectivity index (χ0v) is 11.5. The first-order valence-electron chi connectivity index (χ1n) is 6.98. The number of benzene rings is 1. The first kappa shape index (κ1) is 13.9. The third-order valence-electron chi connectivity index (χ3n) is 3.38. The van der Waals surface area contributed by atoms with Gasteiger partial charge in [-0.05, 0) is 24.9 Å². The summed E-state index contributed by atoms with van der Waals surface area (Å²) in [7, 11) is 0. The van der Waals surface area contributed by atoms with Crippen LogP contribution >= 0.6 is 0 Å². The number of nitrogens with one attached hydrogen (secondary N) is 1. The van der Waals surface area contributed by atoms with Gasteiger partial charge in [0.25, 0.3) is 0 Å². The van der Waals surface area contributed by atoms with Gasteiger partial charge < -0.3 is 15.0 Å². The molecule has 1 N–H and O–H groups in total. The van der Waals surface area contributed by atoms with E-state index in [4.69, 9.17) is 4.74 Å². The van der Waals surface area contributed by atoms with E-state index in [1.807, 2.05) is 30.3 Å². The van der Waals surface area contributed by atoms with Crippen LogP contribution in [-0.2, 0) is 11.3 Å². The van der Waals surface area contributed by atoms with E-state index in [-0.39, 0.29) is 6.09 Å². The van der Waals surface area contributed by atoms with Crippen LogP contribution in [0.1, 0.15) is 25.3 Å². The molecule has 1 aliphatic rings. The number of ether oxygens (including phenoxy) is 1. The molecule has 104 valence electrons. The van der Waals surface area contributed by atoms with Crippen LogP contribution in [0.25, 0.3) is 0 Å². The number of piperidine rings is 1. The summed E-state index contributed by atoms with van der Waals surface area (Å²) in [6, 6.07) is 10.2. The fourth-order valence-corrected chi connectivity index (χ4v) is 2.41. The minimum Gasteiger partial charge on any atom is -0.445 e. The molecule has 2 rings (SSSR count). The number of amides is 1. The molecular formula is C15H22N2O2. The van der Waals surface area contributed by atoms with Crippen LogP contribution in [0, 0.1) is 0 Å². The van der Waals surface area contributed by atoms with Crippen LogP contribution in [0.3, 0.4) is 0 Å². The topological polar surface area (TPSA) is 41.6 Å². The summed E-state index contributed by atoms with van der Waals surface area (Å²) in [5, 5.41) is 3.39. The van der Waals surface area contributed by atoms with Crippen molar-refractivity contribution in [1.82, 2.24) is 10.2 Å². The lowest BCUT2D eigenvalue weighted by molar-refractivity contribution is 0.0835. The number of nitrogens with zero attached hydrogens (tertiary/aromatic N) is 1. The monoisotopic (exact) mass is 262 g/mol. The Balaban J connectivity index is 1.79. The quantitative estimate of drug-likeness (QED) is 0.906. The average Bonchev–Trinajstić information content (AvgIpc) is 2.46. The third kappa shape index (κ3) is 4.24. The van der Waals surface area contributed by atoms with Gasteiger partial charge in [-0.25, -0.2) is 4.79 Å². The second-order valence-electron chi connectivity index (χ2n) is 4.88. The lowest BCUT2D eigenvalue weighted by atomic mass is 10.1. The molecule has 0 aromatic heterocycles. The third-order valence-corrected chi connectivity index (χ3v) is 3.38. The highest BCUT2D eigenvalue weighted by atomic mass is 16.6. The number of hydrogen-bond donors (Lipinski definition) is 1. The number of rotatable bonds is 4. The number of likely N-dealkylation sites (tertiary alicyclic amines) is 1. The molecule has 1 amide bonds. The van der Waals surface area contributed by atoms with Crippen molar-refractivity contribution in [2.45, 2.75) is 32.4 Å². The van der Waals surface area contributed by atoms with Crippen molar-refractivity contribution in [1.29, 1.82) is 0 Å². The number of likely N-dealkylation sites (N-methyl/N-ethyl adjacent to an activating group) is 1. The van der Waals surface area contributed by atoms with Crippen molar-refractivity contribution in [3.05, 3.63) is 35.9 Å². The molecule has 1 fully saturated rings. The van der Waals surface area contributed by atoms with Gasteiger partial charge in [0.1, 0.15) is 6.61 Å². The van der Waals surface area contributed by atoms with Crippen molar-refractivity contribution in [3.8, 4) is 0 Å². The maximum absolute atomic E-state index is 12.0. The summed E-state index contributed by atoms with van der Waals surface area (Å²) in [6.45, 7) is 4.93. The van der Waals surface area contributed by atoms with E-state index in [2.05, 4.69) is 12.2 Å². The molecule has 0 spiro atoms. The lowest BCUT2D eigenvalue weighted by Gasteiger charge is -2.32. The van der Waals surface area contributed by atoms with Crippen molar-refractivity contribution in [2.75, 3.05) is 19.6 Å². The summed E-state index contributed by atoms with van der Waals surface area (Å²) in [5.74, 6) is 0. The van der Waals surface area contributed by atoms with Gasteiger partial charge in [-0.15, -0.1) is 0 Å². The zero-order chi connectivity index (χ0) is 13.5. The fraction of sp³-hybridized carbons (Fsp3) is 0.533. The highest BCUT2D eigenvalue weighted by Crippen LogP contribution is 2.12. The minimum absolute atomic E-state index is 0.202. The second kappa shape index (κ2) is 7.14. The molecule has 1 aromatic carbocycles. The first-order valence-corrected chi connectivity index (χ1v) is 6.98. The minimum atomic E-state index is -0.202. The fourth-order valence-electron chi connectivity index (χ4n) is 2.41. The summed E-state index contributed by atoms with van der Waals surface area (Å²) in [5.41, 5.74) is 1.02. The van der Waals surface area contributed by atoms with Crippen molar-refractivity contribution in [3.63, 3.8) is 0 Å². The number of carbonyl (C=O) groups is 1. The van der Waals surface area contributed by atoms with Crippen LogP contribution in [0.4, 0.5) is 4.79 Å². The van der Waals surface area contributed by atoms with Gasteiger partial charge in [0.05, 0.1) is 0 Å². The molecule has 1 unspecified atom stereocenters.